The predicted octanol–water partition coefficient (Wildman–Crippen LogP) is 4.17. The monoisotopic (exact) mass is 865 g/mol. The van der Waals surface area contributed by atoms with E-state index in [1.807, 2.05) is 6.92 Å². The van der Waals surface area contributed by atoms with E-state index in [9.17, 15) is 41.1 Å². The Balaban J connectivity index is 1.30. The summed E-state index contributed by atoms with van der Waals surface area (Å²) in [5.74, 6) is -4.03. The number of alkyl halides is 3. The molecule has 4 heterocycles. The molecule has 2 saturated carbocycles. The minimum absolute atomic E-state index is 0.0349. The molecule has 2 aliphatic carbocycles. The highest BCUT2D eigenvalue weighted by Crippen LogP contribution is 2.48. The van der Waals surface area contributed by atoms with E-state index in [-0.39, 0.29) is 41.8 Å². The predicted molar refractivity (Wildman–Crippen MR) is 208 cm³/mol. The number of sulfonamides is 1. The Morgan fingerprint density at radius 3 is 2.42 bits per heavy atom. The van der Waals surface area contributed by atoms with Gasteiger partial charge in [0.15, 0.2) is 5.54 Å². The van der Waals surface area contributed by atoms with Crippen LogP contribution in [-0.4, -0.2) is 126 Å². The van der Waals surface area contributed by atoms with E-state index >= 15 is 4.79 Å². The Labute approximate surface area is 345 Å². The maximum absolute atomic E-state index is 15.1. The van der Waals surface area contributed by atoms with Gasteiger partial charge in [0.2, 0.25) is 33.6 Å². The van der Waals surface area contributed by atoms with Gasteiger partial charge in [0.25, 0.3) is 5.91 Å². The lowest BCUT2D eigenvalue weighted by molar-refractivity contribution is -0.304. The third-order valence-corrected chi connectivity index (χ3v) is 15.0. The van der Waals surface area contributed by atoms with Gasteiger partial charge >= 0.3 is 12.3 Å². The third kappa shape index (κ3) is 7.68. The zero-order chi connectivity index (χ0) is 43.6. The first kappa shape index (κ1) is 43.2. The molecule has 60 heavy (non-hydrogen) atoms. The molecular weight excluding hydrogens is 816 g/mol. The van der Waals surface area contributed by atoms with Gasteiger partial charge in [0, 0.05) is 23.8 Å². The molecule has 0 bridgehead atoms. The number of hydrogen-bond acceptors (Lipinski definition) is 11. The number of fused-ring (bicyclic) bond motifs is 3. The topological polar surface area (TPSA) is 203 Å². The second-order valence-corrected chi connectivity index (χ2v) is 19.3. The molecule has 1 aromatic heterocycles. The number of nitrogens with one attached hydrogen (secondary N) is 2. The first-order valence-electron chi connectivity index (χ1n) is 19.9. The molecule has 0 spiro atoms. The van der Waals surface area contributed by atoms with Crippen molar-refractivity contribution in [1.82, 2.24) is 24.8 Å². The maximum atomic E-state index is 15.1. The zero-order valence-electron chi connectivity index (χ0n) is 33.9. The molecule has 5 aliphatic rings. The van der Waals surface area contributed by atoms with Crippen molar-refractivity contribution in [3.63, 3.8) is 0 Å². The van der Waals surface area contributed by atoms with E-state index < -0.39 is 106 Å². The number of allylic oxidation sites excluding steroid dienone is 1. The number of rotatable bonds is 9. The van der Waals surface area contributed by atoms with Gasteiger partial charge in [0.05, 0.1) is 38.7 Å². The highest BCUT2D eigenvalue weighted by Gasteiger charge is 2.68. The second kappa shape index (κ2) is 15.6. The summed E-state index contributed by atoms with van der Waals surface area (Å²) in [6, 6.07) is 3.25. The van der Waals surface area contributed by atoms with Crippen LogP contribution in [0.2, 0.25) is 0 Å². The van der Waals surface area contributed by atoms with Crippen molar-refractivity contribution >= 4 is 44.6 Å². The van der Waals surface area contributed by atoms with Gasteiger partial charge in [-0.25, -0.2) is 13.2 Å². The fraction of sp³-hybridized carbons (Fsp3) is 0.625. The standard InChI is InChI=1S/C40H50F3N5O11S/c1-22-8-6-7-9-25-18-39(25,35(51)46-60(54,55)37(3)12-13-37)45-32(49)29-17-27(59-33-28-11-10-26(56-4)15-24(28)16-30(44-33)57-5)19-47(29)34(50)31(23(2)14-22)48(36(52)53)38(20-58-21-38)40(41,42)43/h7,9-11,15-16,22-23,25,27,29,31H,6,8,12-14,17-21H2,1-5H3,(H,45,49)(H,46,51)(H,52,53)/t22-,23-,25-,27-,29+,31+,39-/m1/s1. The van der Waals surface area contributed by atoms with E-state index in [1.54, 1.807) is 36.4 Å². The molecule has 2 aromatic rings. The second-order valence-electron chi connectivity index (χ2n) is 17.1. The van der Waals surface area contributed by atoms with Crippen molar-refractivity contribution in [3.05, 3.63) is 36.4 Å². The molecule has 3 N–H and O–H groups in total. The number of carbonyl (C=O) groups is 4. The van der Waals surface area contributed by atoms with Crippen molar-refractivity contribution in [2.45, 2.75) is 106 Å². The van der Waals surface area contributed by atoms with Gasteiger partial charge in [-0.15, -0.1) is 0 Å². The Morgan fingerprint density at radius 1 is 1.10 bits per heavy atom. The van der Waals surface area contributed by atoms with E-state index in [0.717, 1.165) is 4.90 Å². The Hall–Kier alpha value is -4.85. The van der Waals surface area contributed by atoms with Crippen molar-refractivity contribution < 1.29 is 64.8 Å². The third-order valence-electron chi connectivity index (χ3n) is 12.8. The van der Waals surface area contributed by atoms with Crippen LogP contribution in [0.5, 0.6) is 17.5 Å². The van der Waals surface area contributed by atoms with Crippen LogP contribution in [0.15, 0.2) is 36.4 Å². The van der Waals surface area contributed by atoms with Crippen LogP contribution >= 0.6 is 0 Å². The van der Waals surface area contributed by atoms with Crippen LogP contribution in [0.4, 0.5) is 18.0 Å². The molecule has 7 rings (SSSR count). The zero-order valence-corrected chi connectivity index (χ0v) is 34.7. The number of methoxy groups -OCH3 is 2. The minimum Gasteiger partial charge on any atom is -0.497 e. The number of benzene rings is 1. The number of amides is 4. The van der Waals surface area contributed by atoms with Gasteiger partial charge in [-0.2, -0.15) is 18.2 Å². The van der Waals surface area contributed by atoms with Crippen LogP contribution < -0.4 is 24.2 Å². The smallest absolute Gasteiger partial charge is 0.416 e. The molecule has 1 aromatic carbocycles. The van der Waals surface area contributed by atoms with Crippen LogP contribution in [-0.2, 0) is 29.1 Å². The van der Waals surface area contributed by atoms with Gasteiger partial charge in [-0.1, -0.05) is 26.0 Å². The summed E-state index contributed by atoms with van der Waals surface area (Å²) in [7, 11) is -1.25. The first-order valence-corrected chi connectivity index (χ1v) is 21.4. The molecule has 4 amide bonds. The number of nitrogens with zero attached hydrogens (tertiary/aromatic N) is 3. The fourth-order valence-electron chi connectivity index (χ4n) is 8.70. The number of halogens is 3. The summed E-state index contributed by atoms with van der Waals surface area (Å²) in [5.41, 5.74) is -4.79. The summed E-state index contributed by atoms with van der Waals surface area (Å²) >= 11 is 0. The Bertz CT molecular complexity index is 2190. The largest absolute Gasteiger partial charge is 0.497 e. The van der Waals surface area contributed by atoms with Crippen molar-refractivity contribution in [2.24, 2.45) is 17.8 Å². The van der Waals surface area contributed by atoms with Crippen LogP contribution in [0.1, 0.15) is 65.7 Å². The summed E-state index contributed by atoms with van der Waals surface area (Å²) in [5, 5.41) is 14.4. The van der Waals surface area contributed by atoms with Crippen molar-refractivity contribution in [1.29, 1.82) is 0 Å². The molecule has 4 fully saturated rings. The number of ether oxygens (including phenoxy) is 4. The number of hydrogen-bond donors (Lipinski definition) is 3. The SMILES string of the molecule is COc1ccc2c(O[C@@H]3C[C@H]4C(=O)N[C@]5(C(=O)NS(=O)(=O)C6(C)CC6)C[C@H]5C=CCC[C@@H](C)C[C@@H](C)[C@H](N(C(=O)O)C5(C(F)(F)F)COC5)C(=O)N4C3)nc(OC)cc2c1. The number of pyridine rings is 1. The Kier molecular flexibility index (Phi) is 11.2. The average molecular weight is 866 g/mol. The quantitative estimate of drug-likeness (QED) is 0.304. The van der Waals surface area contributed by atoms with Gasteiger partial charge in [-0.05, 0) is 80.9 Å². The molecule has 2 saturated heterocycles. The molecule has 7 atom stereocenters. The van der Waals surface area contributed by atoms with E-state index in [2.05, 4.69) is 15.0 Å². The summed E-state index contributed by atoms with van der Waals surface area (Å²) < 4.78 is 94.5. The number of carboxylic acid groups (broad SMARTS) is 1. The average Bonchev–Trinajstić information content (AvgIpc) is 4.04. The maximum Gasteiger partial charge on any atom is 0.416 e. The lowest BCUT2D eigenvalue weighted by Crippen LogP contribution is -2.76. The number of aromatic nitrogens is 1. The fourth-order valence-corrected chi connectivity index (χ4v) is 10.0. The molecule has 0 radical (unpaired) electrons. The summed E-state index contributed by atoms with van der Waals surface area (Å²) in [4.78, 5) is 62.5. The van der Waals surface area contributed by atoms with Crippen molar-refractivity contribution in [3.8, 4) is 17.5 Å². The highest BCUT2D eigenvalue weighted by molar-refractivity contribution is 7.91. The molecule has 3 aliphatic heterocycles. The summed E-state index contributed by atoms with van der Waals surface area (Å²) in [6.45, 7) is 2.40. The van der Waals surface area contributed by atoms with Gasteiger partial charge in [-0.3, -0.25) is 24.0 Å². The number of carbonyl (C=O) groups excluding carboxylic acids is 3. The minimum atomic E-state index is -5.13. The normalized spacial score (nSPS) is 30.0. The molecule has 0 unspecified atom stereocenters. The van der Waals surface area contributed by atoms with E-state index in [0.29, 0.717) is 42.2 Å². The van der Waals surface area contributed by atoms with Gasteiger partial charge in [0.1, 0.15) is 29.5 Å². The Morgan fingerprint density at radius 2 is 1.82 bits per heavy atom. The lowest BCUT2D eigenvalue weighted by atomic mass is 9.83. The molecule has 20 heteroatoms. The van der Waals surface area contributed by atoms with Crippen LogP contribution in [0, 0.1) is 17.8 Å². The van der Waals surface area contributed by atoms with Crippen LogP contribution in [0.25, 0.3) is 10.8 Å². The first-order chi connectivity index (χ1) is 28.2. The van der Waals surface area contributed by atoms with Gasteiger partial charge < -0.3 is 34.3 Å². The summed E-state index contributed by atoms with van der Waals surface area (Å²) in [6.07, 6.45) is -3.10. The van der Waals surface area contributed by atoms with E-state index in [4.69, 9.17) is 18.9 Å². The van der Waals surface area contributed by atoms with E-state index in [1.165, 1.54) is 28.1 Å². The lowest BCUT2D eigenvalue weighted by Gasteiger charge is -2.52. The molecule has 328 valence electrons. The molecular formula is C40H50F3N5O11S. The molecule has 16 nitrogen and oxygen atoms in total. The van der Waals surface area contributed by atoms with Crippen molar-refractivity contribution in [2.75, 3.05) is 34.0 Å². The van der Waals surface area contributed by atoms with Crippen LogP contribution in [0.3, 0.4) is 0 Å². The highest BCUT2D eigenvalue weighted by atomic mass is 32.2.